The Bertz CT molecular complexity index is 724. The maximum Gasteiger partial charge on any atom is 0.243 e. The van der Waals surface area contributed by atoms with Gasteiger partial charge >= 0.3 is 0 Å². The molecule has 1 amide bonds. The first-order valence-corrected chi connectivity index (χ1v) is 10.8. The molecule has 2 saturated heterocycles. The monoisotopic (exact) mass is 400 g/mol. The van der Waals surface area contributed by atoms with Crippen molar-refractivity contribution in [2.45, 2.75) is 36.7 Å². The van der Waals surface area contributed by atoms with Gasteiger partial charge in [-0.2, -0.15) is 4.31 Å². The molecule has 8 heteroatoms. The lowest BCUT2D eigenvalue weighted by atomic mass is 9.96. The molecule has 0 N–H and O–H groups in total. The number of hydrogen-bond donors (Lipinski definition) is 0. The SMILES string of the molecule is CN(CC1CCCO1)C(=O)C1CCN(S(=O)(=O)c2ccc(Cl)cc2)CC1. The third-order valence-corrected chi connectivity index (χ3v) is 7.30. The molecule has 2 heterocycles. The van der Waals surface area contributed by atoms with Crippen LogP contribution in [0.25, 0.3) is 0 Å². The molecule has 2 fully saturated rings. The summed E-state index contributed by atoms with van der Waals surface area (Å²) in [7, 11) is -1.73. The molecule has 0 aliphatic carbocycles. The summed E-state index contributed by atoms with van der Waals surface area (Å²) in [6, 6.07) is 6.18. The van der Waals surface area contributed by atoms with Gasteiger partial charge in [0.2, 0.25) is 15.9 Å². The van der Waals surface area contributed by atoms with Gasteiger partial charge in [0.15, 0.2) is 0 Å². The molecule has 144 valence electrons. The van der Waals surface area contributed by atoms with E-state index in [1.807, 2.05) is 0 Å². The van der Waals surface area contributed by atoms with E-state index >= 15 is 0 Å². The number of hydrogen-bond acceptors (Lipinski definition) is 4. The highest BCUT2D eigenvalue weighted by molar-refractivity contribution is 7.89. The molecule has 0 aromatic heterocycles. The highest BCUT2D eigenvalue weighted by atomic mass is 35.5. The summed E-state index contributed by atoms with van der Waals surface area (Å²) < 4.78 is 32.5. The molecular weight excluding hydrogens is 376 g/mol. The molecule has 1 aromatic rings. The summed E-state index contributed by atoms with van der Waals surface area (Å²) in [6.07, 6.45) is 3.26. The van der Waals surface area contributed by atoms with Crippen molar-refractivity contribution in [3.05, 3.63) is 29.3 Å². The first kappa shape index (κ1) is 19.6. The lowest BCUT2D eigenvalue weighted by molar-refractivity contribution is -0.136. The third-order valence-electron chi connectivity index (χ3n) is 5.13. The Labute approximate surface area is 160 Å². The Morgan fingerprint density at radius 3 is 2.46 bits per heavy atom. The fraction of sp³-hybridized carbons (Fsp3) is 0.611. The number of nitrogens with zero attached hydrogens (tertiary/aromatic N) is 2. The number of ether oxygens (including phenoxy) is 1. The van der Waals surface area contributed by atoms with Gasteiger partial charge in [-0.15, -0.1) is 0 Å². The minimum absolute atomic E-state index is 0.0871. The van der Waals surface area contributed by atoms with E-state index < -0.39 is 10.0 Å². The van der Waals surface area contributed by atoms with Crippen molar-refractivity contribution < 1.29 is 17.9 Å². The first-order chi connectivity index (χ1) is 12.4. The maximum atomic E-state index is 12.7. The van der Waals surface area contributed by atoms with Crippen LogP contribution in [0.2, 0.25) is 5.02 Å². The predicted molar refractivity (Wildman–Crippen MR) is 99.5 cm³/mol. The lowest BCUT2D eigenvalue weighted by Crippen LogP contribution is -2.44. The zero-order valence-corrected chi connectivity index (χ0v) is 16.5. The zero-order chi connectivity index (χ0) is 18.7. The van der Waals surface area contributed by atoms with Gasteiger partial charge in [-0.3, -0.25) is 4.79 Å². The Balaban J connectivity index is 1.56. The predicted octanol–water partition coefficient (Wildman–Crippen LogP) is 2.38. The summed E-state index contributed by atoms with van der Waals surface area (Å²) >= 11 is 5.83. The smallest absolute Gasteiger partial charge is 0.243 e. The Morgan fingerprint density at radius 1 is 1.23 bits per heavy atom. The fourth-order valence-electron chi connectivity index (χ4n) is 3.59. The fourth-order valence-corrected chi connectivity index (χ4v) is 5.19. The van der Waals surface area contributed by atoms with Crippen LogP contribution in [0.1, 0.15) is 25.7 Å². The molecule has 2 aliphatic rings. The first-order valence-electron chi connectivity index (χ1n) is 9.00. The van der Waals surface area contributed by atoms with E-state index in [4.69, 9.17) is 16.3 Å². The van der Waals surface area contributed by atoms with Crippen molar-refractivity contribution in [2.24, 2.45) is 5.92 Å². The van der Waals surface area contributed by atoms with Crippen molar-refractivity contribution in [3.63, 3.8) is 0 Å². The summed E-state index contributed by atoms with van der Waals surface area (Å²) in [5, 5.41) is 0.502. The van der Waals surface area contributed by atoms with Crippen LogP contribution < -0.4 is 0 Å². The molecule has 1 atom stereocenters. The lowest BCUT2D eigenvalue weighted by Gasteiger charge is -2.33. The zero-order valence-electron chi connectivity index (χ0n) is 14.9. The number of rotatable bonds is 5. The highest BCUT2D eigenvalue weighted by Gasteiger charge is 2.33. The van der Waals surface area contributed by atoms with Crippen molar-refractivity contribution in [3.8, 4) is 0 Å². The van der Waals surface area contributed by atoms with Gasteiger partial charge in [-0.05, 0) is 49.9 Å². The average molecular weight is 401 g/mol. The Morgan fingerprint density at radius 2 is 1.88 bits per heavy atom. The van der Waals surface area contributed by atoms with Crippen LogP contribution in [0, 0.1) is 5.92 Å². The average Bonchev–Trinajstić information content (AvgIpc) is 3.14. The summed E-state index contributed by atoms with van der Waals surface area (Å²) in [5.41, 5.74) is 0. The number of piperidine rings is 1. The van der Waals surface area contributed by atoms with E-state index in [0.717, 1.165) is 19.4 Å². The normalized spacial score (nSPS) is 22.5. The van der Waals surface area contributed by atoms with Gasteiger partial charge < -0.3 is 9.64 Å². The molecule has 1 unspecified atom stereocenters. The van der Waals surface area contributed by atoms with Crippen LogP contribution in [-0.2, 0) is 19.6 Å². The van der Waals surface area contributed by atoms with Crippen LogP contribution in [0.15, 0.2) is 29.2 Å². The number of carbonyl (C=O) groups is 1. The van der Waals surface area contributed by atoms with Crippen LogP contribution >= 0.6 is 11.6 Å². The van der Waals surface area contributed by atoms with Crippen LogP contribution in [0.3, 0.4) is 0 Å². The second-order valence-corrected chi connectivity index (χ2v) is 9.36. The summed E-state index contributed by atoms with van der Waals surface area (Å²) in [6.45, 7) is 2.10. The molecular formula is C18H25ClN2O4S. The number of benzene rings is 1. The van der Waals surface area contributed by atoms with E-state index in [0.29, 0.717) is 37.5 Å². The third kappa shape index (κ3) is 4.39. The van der Waals surface area contributed by atoms with Crippen LogP contribution in [0.5, 0.6) is 0 Å². The second-order valence-electron chi connectivity index (χ2n) is 6.99. The summed E-state index contributed by atoms with van der Waals surface area (Å²) in [4.78, 5) is 14.6. The minimum Gasteiger partial charge on any atom is -0.376 e. The topological polar surface area (TPSA) is 66.9 Å². The molecule has 2 aliphatic heterocycles. The molecule has 1 aromatic carbocycles. The van der Waals surface area contributed by atoms with E-state index in [-0.39, 0.29) is 22.8 Å². The van der Waals surface area contributed by atoms with Crippen LogP contribution in [-0.4, -0.2) is 62.9 Å². The van der Waals surface area contributed by atoms with E-state index in [2.05, 4.69) is 0 Å². The quantitative estimate of drug-likeness (QED) is 0.761. The number of halogens is 1. The van der Waals surface area contributed by atoms with Gasteiger partial charge in [0, 0.05) is 44.2 Å². The van der Waals surface area contributed by atoms with Crippen molar-refractivity contribution in [1.29, 1.82) is 0 Å². The Hall–Kier alpha value is -1.15. The standard InChI is InChI=1S/C18H25ClN2O4S/c1-20(13-16-3-2-12-25-16)18(22)14-8-10-21(11-9-14)26(23,24)17-6-4-15(19)5-7-17/h4-7,14,16H,2-3,8-13H2,1H3. The van der Waals surface area contributed by atoms with Crippen molar-refractivity contribution in [2.75, 3.05) is 33.3 Å². The van der Waals surface area contributed by atoms with Gasteiger partial charge in [0.25, 0.3) is 0 Å². The number of carbonyl (C=O) groups excluding carboxylic acids is 1. The van der Waals surface area contributed by atoms with Gasteiger partial charge in [0.05, 0.1) is 11.0 Å². The minimum atomic E-state index is -3.54. The largest absolute Gasteiger partial charge is 0.376 e. The molecule has 3 rings (SSSR count). The van der Waals surface area contributed by atoms with Gasteiger partial charge in [-0.1, -0.05) is 11.6 Å². The second kappa shape index (κ2) is 8.25. The molecule has 0 spiro atoms. The molecule has 0 radical (unpaired) electrons. The van der Waals surface area contributed by atoms with E-state index in [9.17, 15) is 13.2 Å². The van der Waals surface area contributed by atoms with Gasteiger partial charge in [-0.25, -0.2) is 8.42 Å². The summed E-state index contributed by atoms with van der Waals surface area (Å²) in [5.74, 6) is -0.0397. The highest BCUT2D eigenvalue weighted by Crippen LogP contribution is 2.26. The molecule has 0 bridgehead atoms. The van der Waals surface area contributed by atoms with Crippen LogP contribution in [0.4, 0.5) is 0 Å². The Kier molecular flexibility index (Phi) is 6.22. The molecule has 26 heavy (non-hydrogen) atoms. The maximum absolute atomic E-state index is 12.7. The number of likely N-dealkylation sites (N-methyl/N-ethyl adjacent to an activating group) is 1. The van der Waals surface area contributed by atoms with E-state index in [1.54, 1.807) is 24.1 Å². The van der Waals surface area contributed by atoms with Crippen molar-refractivity contribution in [1.82, 2.24) is 9.21 Å². The number of amides is 1. The molecule has 0 saturated carbocycles. The van der Waals surface area contributed by atoms with Gasteiger partial charge in [0.1, 0.15) is 0 Å². The van der Waals surface area contributed by atoms with E-state index in [1.165, 1.54) is 16.4 Å². The molecule has 6 nitrogen and oxygen atoms in total. The van der Waals surface area contributed by atoms with Crippen molar-refractivity contribution >= 4 is 27.5 Å². The number of sulfonamides is 1.